The van der Waals surface area contributed by atoms with Crippen LogP contribution in [0.5, 0.6) is 0 Å². The van der Waals surface area contributed by atoms with E-state index in [9.17, 15) is 4.79 Å². The number of unbranched alkanes of at least 4 members (excludes halogenated alkanes) is 1. The van der Waals surface area contributed by atoms with E-state index in [2.05, 4.69) is 5.92 Å². The fourth-order valence-corrected chi connectivity index (χ4v) is 3.88. The molecule has 0 spiro atoms. The summed E-state index contributed by atoms with van der Waals surface area (Å²) in [5.41, 5.74) is 0. The molecule has 0 bridgehead atoms. The first-order valence-corrected chi connectivity index (χ1v) is 6.70. The van der Waals surface area contributed by atoms with Crippen LogP contribution in [0.25, 0.3) is 0 Å². The molecule has 0 aromatic rings. The summed E-state index contributed by atoms with van der Waals surface area (Å²) < 4.78 is 0. The second kappa shape index (κ2) is 6.39. The third-order valence-electron chi connectivity index (χ3n) is 1.92. The maximum Gasteiger partial charge on any atom is 0.146 e. The van der Waals surface area contributed by atoms with Crippen molar-refractivity contribution in [2.24, 2.45) is 0 Å². The topological polar surface area (TPSA) is 17.1 Å². The van der Waals surface area contributed by atoms with E-state index in [0.717, 1.165) is 24.3 Å². The van der Waals surface area contributed by atoms with Gasteiger partial charge in [0, 0.05) is 30.1 Å². The minimum atomic E-state index is 0.247. The Hall–Kier alpha value is -0.0700. The fourth-order valence-electron chi connectivity index (χ4n) is 1.20. The van der Waals surface area contributed by atoms with Gasteiger partial charge in [-0.25, -0.2) is 0 Å². The van der Waals surface area contributed by atoms with Gasteiger partial charge in [0.1, 0.15) is 5.78 Å². The molecule has 13 heavy (non-hydrogen) atoms. The number of hydrogen-bond donors (Lipinski definition) is 0. The number of carbonyl (C=O) groups is 1. The number of carbonyl (C=O) groups excluding carboxylic acids is 1. The third-order valence-corrected chi connectivity index (χ3v) is 4.72. The van der Waals surface area contributed by atoms with Crippen LogP contribution >= 0.6 is 23.5 Å². The minimum Gasteiger partial charge on any atom is -0.298 e. The van der Waals surface area contributed by atoms with Crippen LogP contribution in [0.15, 0.2) is 0 Å². The number of Topliss-reactive ketones (excluding diaryl/α,β-unsaturated/α-hetero) is 1. The Kier molecular flexibility index (Phi) is 5.41. The molecule has 0 aromatic carbocycles. The van der Waals surface area contributed by atoms with Gasteiger partial charge >= 0.3 is 0 Å². The van der Waals surface area contributed by atoms with Gasteiger partial charge in [0.05, 0.1) is 5.25 Å². The zero-order chi connectivity index (χ0) is 9.52. The molecule has 1 aliphatic rings. The van der Waals surface area contributed by atoms with Crippen molar-refractivity contribution < 1.29 is 4.79 Å². The van der Waals surface area contributed by atoms with Crippen LogP contribution in [-0.2, 0) is 4.79 Å². The van der Waals surface area contributed by atoms with Crippen molar-refractivity contribution in [3.63, 3.8) is 0 Å². The average molecular weight is 214 g/mol. The Morgan fingerprint density at radius 2 is 2.38 bits per heavy atom. The summed E-state index contributed by atoms with van der Waals surface area (Å²) in [4.78, 5) is 11.6. The van der Waals surface area contributed by atoms with Crippen molar-refractivity contribution in [1.82, 2.24) is 0 Å². The van der Waals surface area contributed by atoms with Crippen LogP contribution in [0.4, 0.5) is 0 Å². The molecule has 0 N–H and O–H groups in total. The van der Waals surface area contributed by atoms with Crippen LogP contribution in [0.3, 0.4) is 0 Å². The van der Waals surface area contributed by atoms with Crippen LogP contribution in [0.2, 0.25) is 0 Å². The second-order valence-corrected chi connectivity index (χ2v) is 5.42. The average Bonchev–Trinajstić information content (AvgIpc) is 2.19. The number of rotatable bonds is 4. The first-order valence-electron chi connectivity index (χ1n) is 4.50. The molecule has 1 fully saturated rings. The second-order valence-electron chi connectivity index (χ2n) is 2.96. The van der Waals surface area contributed by atoms with E-state index in [1.54, 1.807) is 0 Å². The van der Waals surface area contributed by atoms with Gasteiger partial charge in [-0.15, -0.1) is 24.1 Å². The van der Waals surface area contributed by atoms with E-state index in [1.807, 2.05) is 23.5 Å². The van der Waals surface area contributed by atoms with Crippen LogP contribution < -0.4 is 0 Å². The van der Waals surface area contributed by atoms with Gasteiger partial charge in [-0.3, -0.25) is 4.79 Å². The fraction of sp³-hybridized carbons (Fsp3) is 0.700. The highest BCUT2D eigenvalue weighted by Crippen LogP contribution is 2.25. The molecule has 0 amide bonds. The largest absolute Gasteiger partial charge is 0.298 e. The predicted molar refractivity (Wildman–Crippen MR) is 61.3 cm³/mol. The summed E-state index contributed by atoms with van der Waals surface area (Å²) in [6.07, 6.45) is 7.38. The smallest absolute Gasteiger partial charge is 0.146 e. The van der Waals surface area contributed by atoms with Gasteiger partial charge in [-0.2, -0.15) is 11.8 Å². The van der Waals surface area contributed by atoms with E-state index in [-0.39, 0.29) is 5.25 Å². The Labute approximate surface area is 88.4 Å². The molecule has 1 unspecified atom stereocenters. The van der Waals surface area contributed by atoms with Crippen molar-refractivity contribution >= 4 is 29.3 Å². The molecule has 0 saturated carbocycles. The molecule has 72 valence electrons. The molecule has 0 radical (unpaired) electrons. The summed E-state index contributed by atoms with van der Waals surface area (Å²) in [5.74, 6) is 6.27. The Balaban J connectivity index is 2.18. The van der Waals surface area contributed by atoms with Gasteiger partial charge in [0.25, 0.3) is 0 Å². The van der Waals surface area contributed by atoms with Gasteiger partial charge in [-0.05, 0) is 6.42 Å². The van der Waals surface area contributed by atoms with Crippen LogP contribution in [0.1, 0.15) is 19.3 Å². The summed E-state index contributed by atoms with van der Waals surface area (Å²) in [5, 5.41) is 0.247. The Bertz CT molecular complexity index is 201. The number of terminal acetylenes is 1. The first kappa shape index (κ1) is 11.0. The SMILES string of the molecule is C#CCCCC(=O)C1CSCCS1. The zero-order valence-electron chi connectivity index (χ0n) is 7.62. The zero-order valence-corrected chi connectivity index (χ0v) is 9.26. The van der Waals surface area contributed by atoms with Gasteiger partial charge in [-0.1, -0.05) is 0 Å². The third kappa shape index (κ3) is 4.10. The summed E-state index contributed by atoms with van der Waals surface area (Å²) >= 11 is 3.70. The van der Waals surface area contributed by atoms with Crippen LogP contribution in [-0.4, -0.2) is 28.3 Å². The van der Waals surface area contributed by atoms with Crippen LogP contribution in [0, 0.1) is 12.3 Å². The van der Waals surface area contributed by atoms with Crippen molar-refractivity contribution in [1.29, 1.82) is 0 Å². The lowest BCUT2D eigenvalue weighted by Gasteiger charge is -2.19. The summed E-state index contributed by atoms with van der Waals surface area (Å²) in [7, 11) is 0. The quantitative estimate of drug-likeness (QED) is 0.527. The molecule has 1 heterocycles. The lowest BCUT2D eigenvalue weighted by atomic mass is 10.1. The van der Waals surface area contributed by atoms with Crippen molar-refractivity contribution in [3.05, 3.63) is 0 Å². The van der Waals surface area contributed by atoms with Gasteiger partial charge in [0.15, 0.2) is 0 Å². The number of ketones is 1. The van der Waals surface area contributed by atoms with Crippen molar-refractivity contribution in [3.8, 4) is 12.3 Å². The molecule has 1 saturated heterocycles. The van der Waals surface area contributed by atoms with Gasteiger partial charge in [0.2, 0.25) is 0 Å². The van der Waals surface area contributed by atoms with E-state index in [0.29, 0.717) is 12.2 Å². The van der Waals surface area contributed by atoms with E-state index in [1.165, 1.54) is 5.75 Å². The molecule has 1 nitrogen and oxygen atoms in total. The Morgan fingerprint density at radius 3 is 3.00 bits per heavy atom. The van der Waals surface area contributed by atoms with Crippen molar-refractivity contribution in [2.45, 2.75) is 24.5 Å². The van der Waals surface area contributed by atoms with E-state index < -0.39 is 0 Å². The van der Waals surface area contributed by atoms with Gasteiger partial charge < -0.3 is 0 Å². The number of hydrogen-bond acceptors (Lipinski definition) is 3. The molecule has 0 aromatic heterocycles. The molecule has 1 rings (SSSR count). The molecular weight excluding hydrogens is 200 g/mol. The molecule has 0 aliphatic carbocycles. The summed E-state index contributed by atoms with van der Waals surface area (Å²) in [6, 6.07) is 0. The first-order chi connectivity index (χ1) is 6.34. The molecule has 1 atom stereocenters. The Morgan fingerprint density at radius 1 is 1.54 bits per heavy atom. The predicted octanol–water partition coefficient (Wildman–Crippen LogP) is 2.21. The molecule has 1 aliphatic heterocycles. The maximum absolute atomic E-state index is 11.6. The monoisotopic (exact) mass is 214 g/mol. The standard InChI is InChI=1S/C10H14OS2/c1-2-3-4-5-9(11)10-8-12-6-7-13-10/h1,10H,3-8H2. The van der Waals surface area contributed by atoms with Crippen molar-refractivity contribution in [2.75, 3.05) is 17.3 Å². The highest BCUT2D eigenvalue weighted by molar-refractivity contribution is 8.07. The number of thioether (sulfide) groups is 2. The molecular formula is C10H14OS2. The lowest BCUT2D eigenvalue weighted by Crippen LogP contribution is -2.23. The normalized spacial score (nSPS) is 22.2. The molecule has 3 heteroatoms. The van der Waals surface area contributed by atoms with E-state index in [4.69, 9.17) is 6.42 Å². The highest BCUT2D eigenvalue weighted by Gasteiger charge is 2.20. The highest BCUT2D eigenvalue weighted by atomic mass is 32.2. The lowest BCUT2D eigenvalue weighted by molar-refractivity contribution is -0.118. The van der Waals surface area contributed by atoms with E-state index >= 15 is 0 Å². The minimum absolute atomic E-state index is 0.247. The summed E-state index contributed by atoms with van der Waals surface area (Å²) in [6.45, 7) is 0. The maximum atomic E-state index is 11.6.